The molecule has 2 heteroatoms. The highest BCUT2D eigenvalue weighted by Crippen LogP contribution is 2.40. The Morgan fingerprint density at radius 2 is 0.900 bits per heavy atom. The molecule has 1 heterocycles. The van der Waals surface area contributed by atoms with E-state index in [1.54, 1.807) is 0 Å². The number of hydrogen-bond acceptors (Lipinski definition) is 2. The molecule has 0 bridgehead atoms. The van der Waals surface area contributed by atoms with Crippen LogP contribution in [0.25, 0.3) is 74.7 Å². The highest BCUT2D eigenvalue weighted by molar-refractivity contribution is 7.25. The molecule has 0 aliphatic rings. The third-order valence-corrected chi connectivity index (χ3v) is 11.1. The molecule has 234 valence electrons. The molecule has 10 rings (SSSR count). The molecule has 0 spiro atoms. The van der Waals surface area contributed by atoms with Crippen molar-refractivity contribution in [3.8, 4) is 22.3 Å². The van der Waals surface area contributed by atoms with Crippen LogP contribution in [0, 0.1) is 0 Å². The van der Waals surface area contributed by atoms with Crippen LogP contribution in [-0.4, -0.2) is 0 Å². The molecule has 50 heavy (non-hydrogen) atoms. The minimum atomic E-state index is 1.12. The van der Waals surface area contributed by atoms with E-state index in [-0.39, 0.29) is 0 Å². The van der Waals surface area contributed by atoms with E-state index in [0.717, 1.165) is 17.1 Å². The molecule has 0 aliphatic heterocycles. The Morgan fingerprint density at radius 1 is 0.300 bits per heavy atom. The third kappa shape index (κ3) is 4.84. The predicted molar refractivity (Wildman–Crippen MR) is 217 cm³/mol. The van der Waals surface area contributed by atoms with Gasteiger partial charge in [-0.2, -0.15) is 0 Å². The van der Waals surface area contributed by atoms with Crippen LogP contribution in [0.2, 0.25) is 0 Å². The van der Waals surface area contributed by atoms with Crippen molar-refractivity contribution in [3.05, 3.63) is 188 Å². The van der Waals surface area contributed by atoms with Crippen LogP contribution in [0.5, 0.6) is 0 Å². The second kappa shape index (κ2) is 11.7. The van der Waals surface area contributed by atoms with Gasteiger partial charge in [-0.3, -0.25) is 0 Å². The zero-order chi connectivity index (χ0) is 33.0. The summed E-state index contributed by atoms with van der Waals surface area (Å²) in [7, 11) is 0. The molecule has 0 unspecified atom stereocenters. The Morgan fingerprint density at radius 3 is 1.68 bits per heavy atom. The average Bonchev–Trinajstić information content (AvgIpc) is 3.55. The number of fused-ring (bicyclic) bond motifs is 7. The first-order valence-electron chi connectivity index (χ1n) is 17.1. The predicted octanol–water partition coefficient (Wildman–Crippen LogP) is 14.3. The summed E-state index contributed by atoms with van der Waals surface area (Å²) in [6.45, 7) is 0. The molecule has 0 saturated carbocycles. The van der Waals surface area contributed by atoms with Crippen molar-refractivity contribution in [3.63, 3.8) is 0 Å². The normalized spacial score (nSPS) is 11.6. The molecule has 9 aromatic carbocycles. The van der Waals surface area contributed by atoms with Gasteiger partial charge in [0.05, 0.1) is 0 Å². The summed E-state index contributed by atoms with van der Waals surface area (Å²) < 4.78 is 2.68. The SMILES string of the molecule is c1ccc(N(c2ccc(-c3ccc4cc5sc6ccccc6c5cc4c3)cc2)c2ccc(-c3cc4ccccc4c4ccccc34)cc2)cc1. The monoisotopic (exact) mass is 653 g/mol. The molecule has 0 saturated heterocycles. The molecule has 0 amide bonds. The number of nitrogens with zero attached hydrogens (tertiary/aromatic N) is 1. The molecule has 0 radical (unpaired) electrons. The number of hydrogen-bond donors (Lipinski definition) is 0. The minimum Gasteiger partial charge on any atom is -0.311 e. The maximum atomic E-state index is 2.36. The molecule has 0 fully saturated rings. The van der Waals surface area contributed by atoms with Crippen molar-refractivity contribution < 1.29 is 0 Å². The summed E-state index contributed by atoms with van der Waals surface area (Å²) in [5.41, 5.74) is 8.26. The molecular weight excluding hydrogens is 623 g/mol. The van der Waals surface area contributed by atoms with Gasteiger partial charge < -0.3 is 4.90 Å². The van der Waals surface area contributed by atoms with Crippen LogP contribution in [0.1, 0.15) is 0 Å². The van der Waals surface area contributed by atoms with Gasteiger partial charge in [0, 0.05) is 37.2 Å². The van der Waals surface area contributed by atoms with Crippen molar-refractivity contribution >= 4 is 80.9 Å². The van der Waals surface area contributed by atoms with E-state index in [1.165, 1.54) is 74.7 Å². The highest BCUT2D eigenvalue weighted by Gasteiger charge is 2.15. The second-order valence-corrected chi connectivity index (χ2v) is 14.0. The summed E-state index contributed by atoms with van der Waals surface area (Å²) in [6, 6.07) is 68.7. The number of para-hydroxylation sites is 1. The van der Waals surface area contributed by atoms with E-state index in [4.69, 9.17) is 0 Å². The van der Waals surface area contributed by atoms with Gasteiger partial charge >= 0.3 is 0 Å². The standard InChI is InChI=1S/C48H31NS/c1-2-11-38(12-3-1)49(40-26-22-33(23-27-40)45-29-36-10-4-5-13-41(36)42-14-6-7-15-43(42)45)39-24-20-32(21-25-39)34-18-19-35-31-48-46(30-37(35)28-34)44-16-8-9-17-47(44)50-48/h1-31H. The van der Waals surface area contributed by atoms with Gasteiger partial charge in [-0.15, -0.1) is 11.3 Å². The first kappa shape index (κ1) is 28.8. The molecule has 1 nitrogen and oxygen atoms in total. The third-order valence-electron chi connectivity index (χ3n) is 10.0. The van der Waals surface area contributed by atoms with Crippen molar-refractivity contribution in [2.75, 3.05) is 4.90 Å². The fourth-order valence-electron chi connectivity index (χ4n) is 7.56. The lowest BCUT2D eigenvalue weighted by atomic mass is 9.93. The van der Waals surface area contributed by atoms with Gasteiger partial charge in [-0.1, -0.05) is 121 Å². The van der Waals surface area contributed by atoms with E-state index in [0.29, 0.717) is 0 Å². The Labute approximate surface area is 294 Å². The summed E-state index contributed by atoms with van der Waals surface area (Å²) in [5, 5.41) is 10.3. The smallest absolute Gasteiger partial charge is 0.0462 e. The van der Waals surface area contributed by atoms with Gasteiger partial charge in [0.25, 0.3) is 0 Å². The van der Waals surface area contributed by atoms with Gasteiger partial charge in [0.15, 0.2) is 0 Å². The number of anilines is 3. The van der Waals surface area contributed by atoms with Crippen LogP contribution in [-0.2, 0) is 0 Å². The fraction of sp³-hybridized carbons (Fsp3) is 0. The fourth-order valence-corrected chi connectivity index (χ4v) is 8.69. The van der Waals surface area contributed by atoms with Crippen LogP contribution in [0.3, 0.4) is 0 Å². The van der Waals surface area contributed by atoms with E-state index >= 15 is 0 Å². The van der Waals surface area contributed by atoms with E-state index in [9.17, 15) is 0 Å². The Bertz CT molecular complexity index is 2850. The lowest BCUT2D eigenvalue weighted by molar-refractivity contribution is 1.28. The van der Waals surface area contributed by atoms with Gasteiger partial charge in [0.2, 0.25) is 0 Å². The van der Waals surface area contributed by atoms with E-state index in [2.05, 4.69) is 193 Å². The second-order valence-electron chi connectivity index (χ2n) is 13.0. The van der Waals surface area contributed by atoms with Crippen LogP contribution in [0.15, 0.2) is 188 Å². The zero-order valence-electron chi connectivity index (χ0n) is 27.3. The van der Waals surface area contributed by atoms with Crippen molar-refractivity contribution in [2.24, 2.45) is 0 Å². The van der Waals surface area contributed by atoms with Crippen LogP contribution >= 0.6 is 11.3 Å². The largest absolute Gasteiger partial charge is 0.311 e. The minimum absolute atomic E-state index is 1.12. The number of thiophene rings is 1. The van der Waals surface area contributed by atoms with Crippen molar-refractivity contribution in [1.82, 2.24) is 0 Å². The molecule has 0 aliphatic carbocycles. The van der Waals surface area contributed by atoms with E-state index < -0.39 is 0 Å². The van der Waals surface area contributed by atoms with E-state index in [1.807, 2.05) is 11.3 Å². The van der Waals surface area contributed by atoms with Crippen molar-refractivity contribution in [2.45, 2.75) is 0 Å². The Balaban J connectivity index is 1.02. The van der Waals surface area contributed by atoms with Crippen LogP contribution < -0.4 is 4.90 Å². The zero-order valence-corrected chi connectivity index (χ0v) is 28.1. The molecule has 1 aromatic heterocycles. The first-order valence-corrected chi connectivity index (χ1v) is 17.9. The van der Waals surface area contributed by atoms with Crippen LogP contribution in [0.4, 0.5) is 17.1 Å². The highest BCUT2D eigenvalue weighted by atomic mass is 32.1. The number of benzene rings is 9. The summed E-state index contributed by atoms with van der Waals surface area (Å²) >= 11 is 1.87. The summed E-state index contributed by atoms with van der Waals surface area (Å²) in [5.74, 6) is 0. The average molecular weight is 654 g/mol. The molecule has 0 atom stereocenters. The topological polar surface area (TPSA) is 3.24 Å². The Hall–Kier alpha value is -6.22. The van der Waals surface area contributed by atoms with Gasteiger partial charge in [-0.05, 0) is 121 Å². The maximum absolute atomic E-state index is 2.36. The van der Waals surface area contributed by atoms with Crippen molar-refractivity contribution in [1.29, 1.82) is 0 Å². The van der Waals surface area contributed by atoms with Gasteiger partial charge in [0.1, 0.15) is 0 Å². The lowest BCUT2D eigenvalue weighted by Crippen LogP contribution is -2.09. The quantitative estimate of drug-likeness (QED) is 0.167. The molecule has 10 aromatic rings. The lowest BCUT2D eigenvalue weighted by Gasteiger charge is -2.26. The maximum Gasteiger partial charge on any atom is 0.0462 e. The molecular formula is C48H31NS. The summed E-state index contributed by atoms with van der Waals surface area (Å²) in [4.78, 5) is 2.34. The summed E-state index contributed by atoms with van der Waals surface area (Å²) in [6.07, 6.45) is 0. The number of rotatable bonds is 5. The Kier molecular flexibility index (Phi) is 6.75. The van der Waals surface area contributed by atoms with Gasteiger partial charge in [-0.25, -0.2) is 0 Å². The first-order chi connectivity index (χ1) is 24.8. The molecule has 0 N–H and O–H groups in total.